The molecule has 0 aliphatic heterocycles. The fraction of sp³-hybridized carbons (Fsp3) is 0.300. The van der Waals surface area contributed by atoms with E-state index >= 15 is 0 Å². The van der Waals surface area contributed by atoms with Crippen molar-refractivity contribution in [3.63, 3.8) is 0 Å². The Kier molecular flexibility index (Phi) is 7.00. The number of thioether (sulfide) groups is 1. The number of nitrogens with zero attached hydrogens (tertiary/aromatic N) is 2. The maximum absolute atomic E-state index is 12.2. The van der Waals surface area contributed by atoms with Crippen LogP contribution in [0.4, 0.5) is 0 Å². The van der Waals surface area contributed by atoms with Crippen molar-refractivity contribution in [2.75, 3.05) is 0 Å². The fourth-order valence-electron chi connectivity index (χ4n) is 2.50. The topological polar surface area (TPSA) is 82.3 Å². The van der Waals surface area contributed by atoms with Crippen LogP contribution in [-0.2, 0) is 10.5 Å². The smallest absolute Gasteiger partial charge is 0.314 e. The van der Waals surface area contributed by atoms with Crippen LogP contribution in [-0.4, -0.2) is 16.2 Å². The van der Waals surface area contributed by atoms with Gasteiger partial charge in [-0.05, 0) is 12.8 Å². The highest BCUT2D eigenvalue weighted by atomic mass is 32.2. The highest BCUT2D eigenvalue weighted by Crippen LogP contribution is 2.31. The third kappa shape index (κ3) is 5.08. The van der Waals surface area contributed by atoms with Gasteiger partial charge >= 0.3 is 5.97 Å². The molecule has 3 rings (SSSR count). The van der Waals surface area contributed by atoms with Gasteiger partial charge in [0.05, 0.1) is 11.7 Å². The number of rotatable bonds is 8. The minimum Gasteiger partial charge on any atom is -0.464 e. The second-order valence-electron chi connectivity index (χ2n) is 6.04. The first-order valence-electron chi connectivity index (χ1n) is 8.95. The third-order valence-electron chi connectivity index (χ3n) is 4.15. The van der Waals surface area contributed by atoms with Crippen molar-refractivity contribution in [1.82, 2.24) is 10.2 Å². The molecule has 0 spiro atoms. The molecule has 0 aliphatic rings. The Morgan fingerprint density at radius 3 is 2.64 bits per heavy atom. The van der Waals surface area contributed by atoms with Crippen LogP contribution in [0, 0.1) is 5.92 Å². The first-order valence-corrected chi connectivity index (χ1v) is 10.8. The second kappa shape index (κ2) is 9.66. The molecule has 0 saturated heterocycles. The summed E-state index contributed by atoms with van der Waals surface area (Å²) in [4.78, 5) is 24.2. The van der Waals surface area contributed by atoms with Crippen LogP contribution in [0.1, 0.15) is 32.4 Å². The predicted molar refractivity (Wildman–Crippen MR) is 110 cm³/mol. The van der Waals surface area contributed by atoms with Gasteiger partial charge in [0.25, 0.3) is 0 Å². The Hall–Kier alpha value is -2.45. The van der Waals surface area contributed by atoms with E-state index in [0.717, 1.165) is 14.9 Å². The minimum absolute atomic E-state index is 0.0760. The first-order chi connectivity index (χ1) is 13.6. The predicted octanol–water partition coefficient (Wildman–Crippen LogP) is 4.79. The molecule has 2 aromatic heterocycles. The molecule has 0 saturated carbocycles. The summed E-state index contributed by atoms with van der Waals surface area (Å²) in [5.74, 6) is 0.216. The second-order valence-corrected chi connectivity index (χ2v) is 8.24. The van der Waals surface area contributed by atoms with E-state index in [0.29, 0.717) is 24.4 Å². The van der Waals surface area contributed by atoms with Crippen LogP contribution in [0.3, 0.4) is 0 Å². The Bertz CT molecular complexity index is 981. The number of aromatic nitrogens is 2. The zero-order valence-corrected chi connectivity index (χ0v) is 17.2. The lowest BCUT2D eigenvalue weighted by Gasteiger charge is -2.10. The molecule has 0 N–H and O–H groups in total. The van der Waals surface area contributed by atoms with Crippen LogP contribution < -0.4 is 10.2 Å². The molecule has 0 aliphatic carbocycles. The van der Waals surface area contributed by atoms with Crippen molar-refractivity contribution < 1.29 is 13.9 Å². The van der Waals surface area contributed by atoms with Gasteiger partial charge in [-0.15, -0.1) is 10.2 Å². The molecule has 8 heteroatoms. The Morgan fingerprint density at radius 1 is 1.21 bits per heavy atom. The van der Waals surface area contributed by atoms with Crippen molar-refractivity contribution in [1.29, 1.82) is 0 Å². The van der Waals surface area contributed by atoms with E-state index in [1.807, 2.05) is 44.2 Å². The molecule has 0 bridgehead atoms. The molecule has 146 valence electrons. The molecule has 2 heterocycles. The summed E-state index contributed by atoms with van der Waals surface area (Å²) in [6, 6.07) is 11.2. The first kappa shape index (κ1) is 20.3. The maximum Gasteiger partial charge on any atom is 0.314 e. The average Bonchev–Trinajstić information content (AvgIpc) is 3.19. The third-order valence-corrected chi connectivity index (χ3v) is 6.27. The summed E-state index contributed by atoms with van der Waals surface area (Å²) in [6.45, 7) is 3.82. The Labute approximate surface area is 171 Å². The van der Waals surface area contributed by atoms with Crippen molar-refractivity contribution >= 4 is 29.1 Å². The van der Waals surface area contributed by atoms with Crippen LogP contribution in [0.2, 0.25) is 0 Å². The standard InChI is InChI=1S/C20H20N2O4S2/c1-3-13(4-2)19(24)26-17-11-25-15(10-16(17)23)12-27-20-22-21-18(28-20)14-8-6-5-7-9-14/h5-11,13H,3-4,12H2,1-2H3. The van der Waals surface area contributed by atoms with Gasteiger partial charge in [0, 0.05) is 11.6 Å². The van der Waals surface area contributed by atoms with Gasteiger partial charge < -0.3 is 9.15 Å². The molecule has 0 amide bonds. The van der Waals surface area contributed by atoms with Gasteiger partial charge in [-0.2, -0.15) is 0 Å². The molecule has 1 aromatic carbocycles. The van der Waals surface area contributed by atoms with Gasteiger partial charge in [0.1, 0.15) is 17.0 Å². The lowest BCUT2D eigenvalue weighted by atomic mass is 10.0. The van der Waals surface area contributed by atoms with E-state index in [1.54, 1.807) is 0 Å². The zero-order valence-electron chi connectivity index (χ0n) is 15.6. The maximum atomic E-state index is 12.2. The monoisotopic (exact) mass is 416 g/mol. The van der Waals surface area contributed by atoms with Crippen LogP contribution in [0.5, 0.6) is 5.75 Å². The molecule has 28 heavy (non-hydrogen) atoms. The van der Waals surface area contributed by atoms with Crippen molar-refractivity contribution in [2.24, 2.45) is 5.92 Å². The number of esters is 1. The Balaban J connectivity index is 1.61. The normalized spacial score (nSPS) is 11.0. The molecule has 6 nitrogen and oxygen atoms in total. The van der Waals surface area contributed by atoms with E-state index in [9.17, 15) is 9.59 Å². The molecule has 0 atom stereocenters. The number of hydrogen-bond acceptors (Lipinski definition) is 8. The summed E-state index contributed by atoms with van der Waals surface area (Å²) in [6.07, 6.45) is 2.54. The van der Waals surface area contributed by atoms with Gasteiger partial charge in [-0.25, -0.2) is 0 Å². The summed E-state index contributed by atoms with van der Waals surface area (Å²) in [5, 5.41) is 9.20. The van der Waals surface area contributed by atoms with Crippen molar-refractivity contribution in [3.05, 3.63) is 58.6 Å². The average molecular weight is 417 g/mol. The molecule has 0 fully saturated rings. The van der Waals surface area contributed by atoms with Gasteiger partial charge in [-0.3, -0.25) is 9.59 Å². The van der Waals surface area contributed by atoms with E-state index in [1.165, 1.54) is 35.4 Å². The van der Waals surface area contributed by atoms with Crippen LogP contribution in [0.25, 0.3) is 10.6 Å². The summed E-state index contributed by atoms with van der Waals surface area (Å²) < 4.78 is 11.4. The summed E-state index contributed by atoms with van der Waals surface area (Å²) in [7, 11) is 0. The molecular weight excluding hydrogens is 396 g/mol. The van der Waals surface area contributed by atoms with Gasteiger partial charge in [0.2, 0.25) is 11.2 Å². The van der Waals surface area contributed by atoms with Gasteiger partial charge in [0.15, 0.2) is 4.34 Å². The summed E-state index contributed by atoms with van der Waals surface area (Å²) in [5.41, 5.74) is 0.644. The Morgan fingerprint density at radius 2 is 1.96 bits per heavy atom. The largest absolute Gasteiger partial charge is 0.464 e. The minimum atomic E-state index is -0.401. The van der Waals surface area contributed by atoms with Crippen LogP contribution >= 0.6 is 23.1 Å². The van der Waals surface area contributed by atoms with Crippen molar-refractivity contribution in [3.8, 4) is 16.3 Å². The molecular formula is C20H20N2O4S2. The number of carbonyl (C=O) groups excluding carboxylic acids is 1. The van der Waals surface area contributed by atoms with E-state index in [4.69, 9.17) is 9.15 Å². The quantitative estimate of drug-likeness (QED) is 0.385. The van der Waals surface area contributed by atoms with Crippen molar-refractivity contribution in [2.45, 2.75) is 36.8 Å². The fourth-order valence-corrected chi connectivity index (χ4v) is 4.25. The zero-order chi connectivity index (χ0) is 19.9. The van der Waals surface area contributed by atoms with Gasteiger partial charge in [-0.1, -0.05) is 67.3 Å². The molecule has 0 radical (unpaired) electrons. The van der Waals surface area contributed by atoms with E-state index in [-0.39, 0.29) is 17.1 Å². The number of carbonyl (C=O) groups is 1. The van der Waals surface area contributed by atoms with E-state index in [2.05, 4.69) is 10.2 Å². The molecule has 3 aromatic rings. The van der Waals surface area contributed by atoms with Crippen LogP contribution in [0.15, 0.2) is 56.2 Å². The number of ether oxygens (including phenoxy) is 1. The highest BCUT2D eigenvalue weighted by molar-refractivity contribution is 8.00. The number of benzene rings is 1. The summed E-state index contributed by atoms with van der Waals surface area (Å²) >= 11 is 2.91. The number of hydrogen-bond donors (Lipinski definition) is 0. The lowest BCUT2D eigenvalue weighted by molar-refractivity contribution is -0.139. The highest BCUT2D eigenvalue weighted by Gasteiger charge is 2.18. The molecule has 0 unspecified atom stereocenters. The lowest BCUT2D eigenvalue weighted by Crippen LogP contribution is -2.22. The SMILES string of the molecule is CCC(CC)C(=O)Oc1coc(CSc2nnc(-c3ccccc3)s2)cc1=O. The van der Waals surface area contributed by atoms with E-state index < -0.39 is 5.97 Å².